The lowest BCUT2D eigenvalue weighted by molar-refractivity contribution is -0.214. The van der Waals surface area contributed by atoms with Gasteiger partial charge in [0.1, 0.15) is 6.04 Å². The lowest BCUT2D eigenvalue weighted by atomic mass is 10.0. The van der Waals surface area contributed by atoms with Crippen LogP contribution in [-0.2, 0) is 9.53 Å². The maximum Gasteiger partial charge on any atom is 0.217 e. The molecule has 1 fully saturated rings. The Hall–Kier alpha value is -0.690. The molecule has 1 unspecified atom stereocenters. The van der Waals surface area contributed by atoms with Crippen LogP contribution >= 0.6 is 0 Å². The highest BCUT2D eigenvalue weighted by atomic mass is 16.6. The summed E-state index contributed by atoms with van der Waals surface area (Å²) in [7, 11) is 0. The molecule has 1 saturated heterocycles. The van der Waals surface area contributed by atoms with Gasteiger partial charge in [0.05, 0.1) is 18.8 Å². The van der Waals surface area contributed by atoms with Gasteiger partial charge in [-0.05, 0) is 0 Å². The molecule has 0 spiro atoms. The third kappa shape index (κ3) is 2.65. The molecular formula is C8H15NO5. The lowest BCUT2D eigenvalue weighted by Gasteiger charge is -2.36. The number of carbonyl (C=O) groups excluding carboxylic acids is 1. The summed E-state index contributed by atoms with van der Waals surface area (Å²) in [6.45, 7) is 1.03. The SMILES string of the molecule is CC(=O)N[C@@H]1C(O)C[C@@H](CO)O[C@H]1O. The first-order valence-corrected chi connectivity index (χ1v) is 4.44. The summed E-state index contributed by atoms with van der Waals surface area (Å²) in [5.74, 6) is -0.348. The molecule has 4 N–H and O–H groups in total. The first-order chi connectivity index (χ1) is 6.54. The van der Waals surface area contributed by atoms with Gasteiger partial charge in [-0.15, -0.1) is 0 Å². The zero-order valence-electron chi connectivity index (χ0n) is 7.88. The van der Waals surface area contributed by atoms with Crippen molar-refractivity contribution >= 4 is 5.91 Å². The Morgan fingerprint density at radius 3 is 2.64 bits per heavy atom. The van der Waals surface area contributed by atoms with E-state index in [0.717, 1.165) is 0 Å². The Morgan fingerprint density at radius 1 is 1.57 bits per heavy atom. The van der Waals surface area contributed by atoms with Crippen molar-refractivity contribution in [1.82, 2.24) is 5.32 Å². The Balaban J connectivity index is 2.55. The molecule has 0 aromatic heterocycles. The summed E-state index contributed by atoms with van der Waals surface area (Å²) in [5.41, 5.74) is 0. The molecule has 1 amide bonds. The van der Waals surface area contributed by atoms with Crippen LogP contribution in [0.2, 0.25) is 0 Å². The van der Waals surface area contributed by atoms with Crippen LogP contribution in [0, 0.1) is 0 Å². The van der Waals surface area contributed by atoms with Crippen LogP contribution < -0.4 is 5.32 Å². The van der Waals surface area contributed by atoms with E-state index in [9.17, 15) is 15.0 Å². The van der Waals surface area contributed by atoms with E-state index < -0.39 is 24.5 Å². The summed E-state index contributed by atoms with van der Waals surface area (Å²) >= 11 is 0. The van der Waals surface area contributed by atoms with Crippen molar-refractivity contribution in [3.05, 3.63) is 0 Å². The molecule has 1 rings (SSSR count). The van der Waals surface area contributed by atoms with Crippen molar-refractivity contribution in [3.8, 4) is 0 Å². The van der Waals surface area contributed by atoms with Crippen molar-refractivity contribution in [2.75, 3.05) is 6.61 Å². The second-order valence-corrected chi connectivity index (χ2v) is 3.36. The van der Waals surface area contributed by atoms with E-state index in [1.807, 2.05) is 0 Å². The Morgan fingerprint density at radius 2 is 2.21 bits per heavy atom. The summed E-state index contributed by atoms with van der Waals surface area (Å²) < 4.78 is 4.95. The predicted molar refractivity (Wildman–Crippen MR) is 46.2 cm³/mol. The number of aliphatic hydroxyl groups excluding tert-OH is 3. The van der Waals surface area contributed by atoms with Crippen LogP contribution in [-0.4, -0.2) is 52.4 Å². The number of carbonyl (C=O) groups is 1. The maximum absolute atomic E-state index is 10.7. The lowest BCUT2D eigenvalue weighted by Crippen LogP contribution is -2.57. The minimum absolute atomic E-state index is 0.193. The molecular weight excluding hydrogens is 190 g/mol. The van der Waals surface area contributed by atoms with E-state index in [0.29, 0.717) is 0 Å². The highest BCUT2D eigenvalue weighted by Gasteiger charge is 2.36. The number of hydrogen-bond donors (Lipinski definition) is 4. The van der Waals surface area contributed by atoms with Crippen LogP contribution in [0.4, 0.5) is 0 Å². The van der Waals surface area contributed by atoms with Crippen molar-refractivity contribution in [2.45, 2.75) is 37.9 Å². The van der Waals surface area contributed by atoms with Crippen LogP contribution in [0.25, 0.3) is 0 Å². The molecule has 0 bridgehead atoms. The molecule has 1 heterocycles. The second-order valence-electron chi connectivity index (χ2n) is 3.36. The normalized spacial score (nSPS) is 38.0. The van der Waals surface area contributed by atoms with Crippen molar-refractivity contribution < 1.29 is 24.9 Å². The second kappa shape index (κ2) is 4.70. The van der Waals surface area contributed by atoms with Crippen molar-refractivity contribution in [3.63, 3.8) is 0 Å². The molecule has 6 nitrogen and oxygen atoms in total. The highest BCUT2D eigenvalue weighted by Crippen LogP contribution is 2.18. The van der Waals surface area contributed by atoms with Gasteiger partial charge in [0.25, 0.3) is 0 Å². The van der Waals surface area contributed by atoms with Gasteiger partial charge in [0.15, 0.2) is 6.29 Å². The smallest absolute Gasteiger partial charge is 0.217 e. The standard InChI is InChI=1S/C8H15NO5/c1-4(11)9-7-6(12)2-5(3-10)14-8(7)13/h5-8,10,12-13H,2-3H2,1H3,(H,9,11)/t5-,6?,7+,8+/m0/s1. The highest BCUT2D eigenvalue weighted by molar-refractivity contribution is 5.73. The number of ether oxygens (including phenoxy) is 1. The van der Waals surface area contributed by atoms with Crippen LogP contribution in [0.5, 0.6) is 0 Å². The summed E-state index contributed by atoms with van der Waals surface area (Å²) in [6.07, 6.45) is -2.57. The summed E-state index contributed by atoms with van der Waals surface area (Å²) in [5, 5.41) is 30.0. The number of hydrogen-bond acceptors (Lipinski definition) is 5. The van der Waals surface area contributed by atoms with Crippen LogP contribution in [0.3, 0.4) is 0 Å². The van der Waals surface area contributed by atoms with Gasteiger partial charge in [-0.3, -0.25) is 4.79 Å². The van der Waals surface area contributed by atoms with E-state index >= 15 is 0 Å². The van der Waals surface area contributed by atoms with Gasteiger partial charge in [0, 0.05) is 13.3 Å². The van der Waals surface area contributed by atoms with Gasteiger partial charge >= 0.3 is 0 Å². The van der Waals surface area contributed by atoms with Gasteiger partial charge in [-0.2, -0.15) is 0 Å². The average molecular weight is 205 g/mol. The largest absolute Gasteiger partial charge is 0.394 e. The van der Waals surface area contributed by atoms with Crippen molar-refractivity contribution in [1.29, 1.82) is 0 Å². The number of nitrogens with one attached hydrogen (secondary N) is 1. The Bertz CT molecular complexity index is 198. The monoisotopic (exact) mass is 205 g/mol. The molecule has 0 aromatic carbocycles. The van der Waals surface area contributed by atoms with E-state index in [1.54, 1.807) is 0 Å². The van der Waals surface area contributed by atoms with E-state index in [2.05, 4.69) is 5.32 Å². The van der Waals surface area contributed by atoms with Crippen LogP contribution in [0.15, 0.2) is 0 Å². The minimum Gasteiger partial charge on any atom is -0.394 e. The zero-order chi connectivity index (χ0) is 10.7. The van der Waals surface area contributed by atoms with Gasteiger partial charge < -0.3 is 25.4 Å². The molecule has 14 heavy (non-hydrogen) atoms. The van der Waals surface area contributed by atoms with E-state index in [4.69, 9.17) is 9.84 Å². The number of amides is 1. The molecule has 1 aliphatic heterocycles. The van der Waals surface area contributed by atoms with Gasteiger partial charge in [0.2, 0.25) is 5.91 Å². The summed E-state index contributed by atoms with van der Waals surface area (Å²) in [4.78, 5) is 10.7. The molecule has 0 aromatic rings. The fourth-order valence-electron chi connectivity index (χ4n) is 1.46. The topological polar surface area (TPSA) is 99.0 Å². The fourth-order valence-corrected chi connectivity index (χ4v) is 1.46. The third-order valence-electron chi connectivity index (χ3n) is 2.13. The number of rotatable bonds is 2. The molecule has 4 atom stereocenters. The number of aliphatic hydroxyl groups is 3. The minimum atomic E-state index is -1.28. The first-order valence-electron chi connectivity index (χ1n) is 4.44. The Labute approximate surface area is 81.5 Å². The molecule has 1 aliphatic rings. The van der Waals surface area contributed by atoms with E-state index in [-0.39, 0.29) is 18.9 Å². The Kier molecular flexibility index (Phi) is 3.82. The summed E-state index contributed by atoms with van der Waals surface area (Å²) in [6, 6.07) is -0.824. The van der Waals surface area contributed by atoms with Crippen molar-refractivity contribution in [2.24, 2.45) is 0 Å². The molecule has 82 valence electrons. The third-order valence-corrected chi connectivity index (χ3v) is 2.13. The first kappa shape index (κ1) is 11.4. The molecule has 0 radical (unpaired) electrons. The zero-order valence-corrected chi connectivity index (χ0v) is 7.88. The van der Waals surface area contributed by atoms with Gasteiger partial charge in [-0.1, -0.05) is 0 Å². The van der Waals surface area contributed by atoms with E-state index in [1.165, 1.54) is 6.92 Å². The van der Waals surface area contributed by atoms with Crippen LogP contribution in [0.1, 0.15) is 13.3 Å². The molecule has 0 aliphatic carbocycles. The average Bonchev–Trinajstić information content (AvgIpc) is 2.10. The predicted octanol–water partition coefficient (Wildman–Crippen LogP) is -2.05. The maximum atomic E-state index is 10.7. The molecule has 0 saturated carbocycles. The quantitative estimate of drug-likeness (QED) is 0.416. The van der Waals surface area contributed by atoms with Gasteiger partial charge in [-0.25, -0.2) is 0 Å². The fraction of sp³-hybridized carbons (Fsp3) is 0.875. The molecule has 6 heteroatoms.